The third-order valence-corrected chi connectivity index (χ3v) is 4.33. The Labute approximate surface area is 171 Å². The molecule has 0 bridgehead atoms. The lowest BCUT2D eigenvalue weighted by Gasteiger charge is -2.23. The van der Waals surface area contributed by atoms with Crippen molar-refractivity contribution in [3.8, 4) is 11.6 Å². The molecule has 1 aromatic carbocycles. The van der Waals surface area contributed by atoms with Crippen molar-refractivity contribution in [3.63, 3.8) is 0 Å². The quantitative estimate of drug-likeness (QED) is 0.578. The molecule has 0 saturated carbocycles. The molecule has 0 saturated heterocycles. The van der Waals surface area contributed by atoms with E-state index in [1.165, 1.54) is 18.2 Å². The summed E-state index contributed by atoms with van der Waals surface area (Å²) in [5.74, 6) is -1.45. The number of anilines is 2. The van der Waals surface area contributed by atoms with E-state index in [4.69, 9.17) is 4.74 Å². The molecule has 3 heterocycles. The number of H-pyrrole nitrogens is 1. The molecule has 4 rings (SSSR count). The van der Waals surface area contributed by atoms with Crippen LogP contribution in [0.3, 0.4) is 0 Å². The van der Waals surface area contributed by atoms with Gasteiger partial charge in [0.2, 0.25) is 0 Å². The van der Waals surface area contributed by atoms with E-state index in [2.05, 4.69) is 20.8 Å². The minimum absolute atomic E-state index is 0.130. The van der Waals surface area contributed by atoms with Crippen LogP contribution >= 0.6 is 0 Å². The Morgan fingerprint density at radius 3 is 2.68 bits per heavy atom. The molecule has 13 heteroatoms. The minimum Gasteiger partial charge on any atom is -0.479 e. The molecule has 3 aromatic rings. The zero-order valence-corrected chi connectivity index (χ0v) is 15.6. The second kappa shape index (κ2) is 7.27. The maximum Gasteiger partial charge on any atom is 0.434 e. The second-order valence-electron chi connectivity index (χ2n) is 6.51. The van der Waals surface area contributed by atoms with Gasteiger partial charge in [0.15, 0.2) is 17.6 Å². The largest absolute Gasteiger partial charge is 0.479 e. The Morgan fingerprint density at radius 2 is 2.00 bits per heavy atom. The monoisotopic (exact) mass is 434 g/mol. The van der Waals surface area contributed by atoms with Gasteiger partial charge >= 0.3 is 6.18 Å². The number of rotatable bonds is 3. The van der Waals surface area contributed by atoms with Gasteiger partial charge in [-0.3, -0.25) is 14.4 Å². The molecule has 1 atom stereocenters. The van der Waals surface area contributed by atoms with Gasteiger partial charge in [-0.05, 0) is 31.2 Å². The number of fused-ring (bicyclic) bond motifs is 1. The highest BCUT2D eigenvalue weighted by Crippen LogP contribution is 2.35. The van der Waals surface area contributed by atoms with Crippen molar-refractivity contribution in [2.45, 2.75) is 19.2 Å². The highest BCUT2D eigenvalue weighted by Gasteiger charge is 2.41. The normalized spacial score (nSPS) is 15.6. The van der Waals surface area contributed by atoms with Crippen molar-refractivity contribution in [3.05, 3.63) is 58.1 Å². The van der Waals surface area contributed by atoms with Crippen LogP contribution in [-0.2, 0) is 11.0 Å². The fourth-order valence-corrected chi connectivity index (χ4v) is 2.90. The van der Waals surface area contributed by atoms with Crippen molar-refractivity contribution in [2.75, 3.05) is 10.6 Å². The SMILES string of the molecule is CC1Oc2ccc(NC(=O)c3cnn(-c4ccc(=O)[nH]n4)c3C(F)(F)F)cc2NC1=O. The average Bonchev–Trinajstić information content (AvgIpc) is 3.15. The molecule has 2 amide bonds. The lowest BCUT2D eigenvalue weighted by atomic mass is 10.2. The highest BCUT2D eigenvalue weighted by atomic mass is 19.4. The molecular weight excluding hydrogens is 421 g/mol. The van der Waals surface area contributed by atoms with Crippen LogP contribution in [0.1, 0.15) is 23.0 Å². The predicted molar refractivity (Wildman–Crippen MR) is 100 cm³/mol. The molecule has 160 valence electrons. The summed E-state index contributed by atoms with van der Waals surface area (Å²) in [6.07, 6.45) is -4.90. The standard InChI is InChI=1S/C18H13F3N6O4/c1-8-16(29)24-11-6-9(2-3-12(11)31-8)23-17(30)10-7-22-27(15(10)18(19,20)21)13-4-5-14(28)26-25-13/h2-8H,1H3,(H,23,30)(H,24,29)(H,26,28). The summed E-state index contributed by atoms with van der Waals surface area (Å²) in [6.45, 7) is 1.56. The molecule has 0 aliphatic carbocycles. The van der Waals surface area contributed by atoms with Crippen molar-refractivity contribution in [1.82, 2.24) is 20.0 Å². The summed E-state index contributed by atoms with van der Waals surface area (Å²) in [4.78, 5) is 35.5. The molecule has 0 spiro atoms. The molecule has 10 nitrogen and oxygen atoms in total. The number of benzene rings is 1. The van der Waals surface area contributed by atoms with Crippen LogP contribution in [0.25, 0.3) is 5.82 Å². The van der Waals surface area contributed by atoms with Gasteiger partial charge in [-0.15, -0.1) is 0 Å². The van der Waals surface area contributed by atoms with Gasteiger partial charge in [0.05, 0.1) is 17.4 Å². The zero-order chi connectivity index (χ0) is 22.3. The van der Waals surface area contributed by atoms with Gasteiger partial charge < -0.3 is 15.4 Å². The van der Waals surface area contributed by atoms with Crippen molar-refractivity contribution in [2.24, 2.45) is 0 Å². The van der Waals surface area contributed by atoms with Crippen molar-refractivity contribution in [1.29, 1.82) is 0 Å². The Kier molecular flexibility index (Phi) is 4.72. The van der Waals surface area contributed by atoms with E-state index in [1.54, 1.807) is 6.92 Å². The van der Waals surface area contributed by atoms with E-state index in [1.807, 2.05) is 5.10 Å². The van der Waals surface area contributed by atoms with E-state index < -0.39 is 40.9 Å². The predicted octanol–water partition coefficient (Wildman–Crippen LogP) is 1.95. The Balaban J connectivity index is 1.66. The van der Waals surface area contributed by atoms with Gasteiger partial charge in [0.25, 0.3) is 17.4 Å². The number of hydrogen-bond donors (Lipinski definition) is 3. The highest BCUT2D eigenvalue weighted by molar-refractivity contribution is 6.06. The first-order valence-corrected chi connectivity index (χ1v) is 8.78. The summed E-state index contributed by atoms with van der Waals surface area (Å²) in [5, 5.41) is 14.1. The van der Waals surface area contributed by atoms with Crippen LogP contribution in [0, 0.1) is 0 Å². The number of alkyl halides is 3. The van der Waals surface area contributed by atoms with Crippen LogP contribution < -0.4 is 20.9 Å². The Morgan fingerprint density at radius 1 is 1.23 bits per heavy atom. The number of hydrogen-bond acceptors (Lipinski definition) is 6. The fraction of sp³-hybridized carbons (Fsp3) is 0.167. The first-order valence-electron chi connectivity index (χ1n) is 8.78. The summed E-state index contributed by atoms with van der Waals surface area (Å²) >= 11 is 0. The summed E-state index contributed by atoms with van der Waals surface area (Å²) in [6, 6.07) is 6.27. The maximum atomic E-state index is 13.7. The number of nitrogens with zero attached hydrogens (tertiary/aromatic N) is 3. The summed E-state index contributed by atoms with van der Waals surface area (Å²) in [7, 11) is 0. The molecule has 31 heavy (non-hydrogen) atoms. The lowest BCUT2D eigenvalue weighted by molar-refractivity contribution is -0.143. The number of ether oxygens (including phenoxy) is 1. The molecule has 1 aliphatic rings. The minimum atomic E-state index is -4.95. The average molecular weight is 434 g/mol. The van der Waals surface area contributed by atoms with Crippen molar-refractivity contribution < 1.29 is 27.5 Å². The Bertz CT molecular complexity index is 1230. The van der Waals surface area contributed by atoms with Gasteiger partial charge in [0, 0.05) is 11.8 Å². The topological polar surface area (TPSA) is 131 Å². The summed E-state index contributed by atoms with van der Waals surface area (Å²) < 4.78 is 46.9. The summed E-state index contributed by atoms with van der Waals surface area (Å²) in [5.41, 5.74) is -2.34. The van der Waals surface area contributed by atoms with E-state index in [-0.39, 0.29) is 17.2 Å². The van der Waals surface area contributed by atoms with E-state index in [9.17, 15) is 27.6 Å². The van der Waals surface area contributed by atoms with Gasteiger partial charge in [0.1, 0.15) is 5.75 Å². The molecule has 3 N–H and O–H groups in total. The molecule has 1 unspecified atom stereocenters. The third-order valence-electron chi connectivity index (χ3n) is 4.33. The number of carbonyl (C=O) groups excluding carboxylic acids is 2. The smallest absolute Gasteiger partial charge is 0.434 e. The number of nitrogens with one attached hydrogen (secondary N) is 3. The molecule has 1 aliphatic heterocycles. The molecule has 2 aromatic heterocycles. The molecule has 0 radical (unpaired) electrons. The molecular formula is C18H13F3N6O4. The third kappa shape index (κ3) is 3.84. The number of halogens is 3. The van der Waals surface area contributed by atoms with Gasteiger partial charge in [-0.1, -0.05) is 0 Å². The molecule has 0 fully saturated rings. The van der Waals surface area contributed by atoms with Crippen LogP contribution in [0.15, 0.2) is 41.3 Å². The van der Waals surface area contributed by atoms with Crippen LogP contribution in [-0.4, -0.2) is 37.9 Å². The first-order chi connectivity index (χ1) is 14.6. The number of amides is 2. The maximum absolute atomic E-state index is 13.7. The number of aromatic nitrogens is 4. The Hall–Kier alpha value is -4.16. The van der Waals surface area contributed by atoms with Crippen molar-refractivity contribution >= 4 is 23.2 Å². The lowest BCUT2D eigenvalue weighted by Crippen LogP contribution is -2.34. The zero-order valence-electron chi connectivity index (χ0n) is 15.6. The fourth-order valence-electron chi connectivity index (χ4n) is 2.90. The second-order valence-corrected chi connectivity index (χ2v) is 6.51. The van der Waals surface area contributed by atoms with Crippen LogP contribution in [0.4, 0.5) is 24.5 Å². The van der Waals surface area contributed by atoms with Gasteiger partial charge in [-0.25, -0.2) is 9.78 Å². The van der Waals surface area contributed by atoms with E-state index >= 15 is 0 Å². The number of aromatic amines is 1. The van der Waals surface area contributed by atoms with Crippen LogP contribution in [0.5, 0.6) is 5.75 Å². The van der Waals surface area contributed by atoms with Crippen LogP contribution in [0.2, 0.25) is 0 Å². The first kappa shape index (κ1) is 20.1. The van der Waals surface area contributed by atoms with E-state index in [0.717, 1.165) is 18.3 Å². The van der Waals surface area contributed by atoms with Gasteiger partial charge in [-0.2, -0.15) is 23.4 Å². The number of carbonyl (C=O) groups is 2. The van der Waals surface area contributed by atoms with E-state index in [0.29, 0.717) is 10.4 Å².